The number of thioether (sulfide) groups is 1. The molecule has 2 N–H and O–H groups in total. The second kappa shape index (κ2) is 4.51. The third-order valence-electron chi connectivity index (χ3n) is 4.61. The van der Waals surface area contributed by atoms with E-state index in [1.54, 1.807) is 0 Å². The van der Waals surface area contributed by atoms with Gasteiger partial charge in [0, 0.05) is 11.8 Å². The fourth-order valence-electron chi connectivity index (χ4n) is 3.01. The molecule has 2 rings (SSSR count). The van der Waals surface area contributed by atoms with Crippen molar-refractivity contribution in [1.29, 1.82) is 0 Å². The molecule has 0 saturated carbocycles. The van der Waals surface area contributed by atoms with Crippen LogP contribution in [0.5, 0.6) is 0 Å². The number of hydrogen-bond donors (Lipinski definition) is 2. The smallest absolute Gasteiger partial charge is 0.0940 e. The second-order valence-electron chi connectivity index (χ2n) is 6.25. The first-order valence-electron chi connectivity index (χ1n) is 6.49. The number of rotatable bonds is 1. The molecular formula is C13H25NOS. The molecule has 3 atom stereocenters. The summed E-state index contributed by atoms with van der Waals surface area (Å²) < 4.78 is 0. The molecule has 94 valence electrons. The highest BCUT2D eigenvalue weighted by Crippen LogP contribution is 2.46. The van der Waals surface area contributed by atoms with Crippen LogP contribution in [0.2, 0.25) is 0 Å². The lowest BCUT2D eigenvalue weighted by Crippen LogP contribution is -2.64. The average Bonchev–Trinajstić information content (AvgIpc) is 2.22. The van der Waals surface area contributed by atoms with Crippen LogP contribution in [0.1, 0.15) is 40.0 Å². The quantitative estimate of drug-likeness (QED) is 0.741. The van der Waals surface area contributed by atoms with E-state index in [2.05, 4.69) is 26.1 Å². The van der Waals surface area contributed by atoms with E-state index in [-0.39, 0.29) is 5.41 Å². The third kappa shape index (κ3) is 2.14. The maximum absolute atomic E-state index is 11.1. The molecule has 2 saturated heterocycles. The van der Waals surface area contributed by atoms with E-state index in [0.29, 0.717) is 6.04 Å². The van der Waals surface area contributed by atoms with Gasteiger partial charge >= 0.3 is 0 Å². The van der Waals surface area contributed by atoms with Gasteiger partial charge in [-0.05, 0) is 42.9 Å². The van der Waals surface area contributed by atoms with Crippen molar-refractivity contribution in [3.05, 3.63) is 0 Å². The first kappa shape index (κ1) is 12.7. The number of nitrogens with one attached hydrogen (secondary N) is 1. The van der Waals surface area contributed by atoms with Crippen LogP contribution in [0.3, 0.4) is 0 Å². The Balaban J connectivity index is 2.15. The number of piperidine rings is 1. The molecule has 2 nitrogen and oxygen atoms in total. The number of hydrogen-bond acceptors (Lipinski definition) is 3. The van der Waals surface area contributed by atoms with Gasteiger partial charge in [-0.2, -0.15) is 11.8 Å². The van der Waals surface area contributed by atoms with E-state index >= 15 is 0 Å². The average molecular weight is 243 g/mol. The topological polar surface area (TPSA) is 32.3 Å². The molecule has 0 aromatic heterocycles. The van der Waals surface area contributed by atoms with E-state index in [9.17, 15) is 5.11 Å². The highest BCUT2D eigenvalue weighted by molar-refractivity contribution is 7.99. The zero-order valence-corrected chi connectivity index (χ0v) is 11.6. The maximum Gasteiger partial charge on any atom is 0.0940 e. The van der Waals surface area contributed by atoms with Crippen LogP contribution in [0.25, 0.3) is 0 Å². The van der Waals surface area contributed by atoms with Crippen molar-refractivity contribution in [2.24, 2.45) is 11.3 Å². The van der Waals surface area contributed by atoms with Gasteiger partial charge in [-0.25, -0.2) is 0 Å². The molecule has 16 heavy (non-hydrogen) atoms. The predicted molar refractivity (Wildman–Crippen MR) is 70.9 cm³/mol. The lowest BCUT2D eigenvalue weighted by Gasteiger charge is -2.52. The molecule has 0 aromatic rings. The monoisotopic (exact) mass is 243 g/mol. The van der Waals surface area contributed by atoms with Gasteiger partial charge in [-0.1, -0.05) is 20.8 Å². The summed E-state index contributed by atoms with van der Waals surface area (Å²) in [5.41, 5.74) is -0.475. The molecule has 0 amide bonds. The molecule has 0 spiro atoms. The summed E-state index contributed by atoms with van der Waals surface area (Å²) in [6.45, 7) is 7.83. The lowest BCUT2D eigenvalue weighted by atomic mass is 9.67. The normalized spacial score (nSPS) is 44.2. The Morgan fingerprint density at radius 1 is 1.38 bits per heavy atom. The van der Waals surface area contributed by atoms with Gasteiger partial charge in [0.2, 0.25) is 0 Å². The largest absolute Gasteiger partial charge is 0.387 e. The molecule has 2 aliphatic heterocycles. The van der Waals surface area contributed by atoms with E-state index in [0.717, 1.165) is 31.1 Å². The lowest BCUT2D eigenvalue weighted by molar-refractivity contribution is -0.0895. The van der Waals surface area contributed by atoms with Crippen LogP contribution in [0, 0.1) is 11.3 Å². The van der Waals surface area contributed by atoms with E-state index in [4.69, 9.17) is 0 Å². The van der Waals surface area contributed by atoms with Crippen molar-refractivity contribution in [3.8, 4) is 0 Å². The van der Waals surface area contributed by atoms with Crippen molar-refractivity contribution < 1.29 is 5.11 Å². The van der Waals surface area contributed by atoms with Gasteiger partial charge in [-0.3, -0.25) is 0 Å². The molecular weight excluding hydrogens is 218 g/mol. The van der Waals surface area contributed by atoms with E-state index < -0.39 is 5.60 Å². The van der Waals surface area contributed by atoms with E-state index in [1.165, 1.54) is 12.2 Å². The zero-order valence-electron chi connectivity index (χ0n) is 10.8. The Morgan fingerprint density at radius 3 is 2.75 bits per heavy atom. The Labute approximate surface area is 104 Å². The summed E-state index contributed by atoms with van der Waals surface area (Å²) in [6, 6.07) is 0.291. The first-order chi connectivity index (χ1) is 7.46. The summed E-state index contributed by atoms with van der Waals surface area (Å²) in [5.74, 6) is 2.83. The molecule has 2 heterocycles. The van der Waals surface area contributed by atoms with Crippen LogP contribution in [-0.2, 0) is 0 Å². The minimum atomic E-state index is -0.523. The third-order valence-corrected chi connectivity index (χ3v) is 5.74. The summed E-state index contributed by atoms with van der Waals surface area (Å²) in [5, 5.41) is 14.6. The predicted octanol–water partition coefficient (Wildman–Crippen LogP) is 2.27. The standard InChI is InChI=1S/C13H25NOS/c1-10-4-6-14-11(8-10)13(15)9-16-7-5-12(13,2)3/h10-11,14-15H,4-9H2,1-3H3. The van der Waals surface area contributed by atoms with Crippen LogP contribution >= 0.6 is 11.8 Å². The second-order valence-corrected chi connectivity index (χ2v) is 7.35. The Morgan fingerprint density at radius 2 is 2.12 bits per heavy atom. The van der Waals surface area contributed by atoms with Crippen molar-refractivity contribution in [1.82, 2.24) is 5.32 Å². The zero-order chi connectivity index (χ0) is 11.8. The molecule has 3 unspecified atom stereocenters. The molecule has 0 aliphatic carbocycles. The Bertz CT molecular complexity index is 256. The Hall–Kier alpha value is 0.270. The summed E-state index contributed by atoms with van der Waals surface area (Å²) in [6.07, 6.45) is 3.50. The Kier molecular flexibility index (Phi) is 3.58. The summed E-state index contributed by atoms with van der Waals surface area (Å²) in [4.78, 5) is 0. The molecule has 0 bridgehead atoms. The minimum Gasteiger partial charge on any atom is -0.387 e. The van der Waals surface area contributed by atoms with E-state index in [1.807, 2.05) is 11.8 Å². The van der Waals surface area contributed by atoms with Gasteiger partial charge in [0.05, 0.1) is 5.60 Å². The van der Waals surface area contributed by atoms with Gasteiger partial charge in [0.15, 0.2) is 0 Å². The molecule has 2 aliphatic rings. The van der Waals surface area contributed by atoms with Crippen LogP contribution in [0.4, 0.5) is 0 Å². The van der Waals surface area contributed by atoms with Crippen molar-refractivity contribution >= 4 is 11.8 Å². The van der Waals surface area contributed by atoms with Gasteiger partial charge in [-0.15, -0.1) is 0 Å². The molecule has 0 radical (unpaired) electrons. The van der Waals surface area contributed by atoms with Crippen LogP contribution < -0.4 is 5.32 Å². The fourth-order valence-corrected chi connectivity index (χ4v) is 4.71. The minimum absolute atomic E-state index is 0.0486. The van der Waals surface area contributed by atoms with Gasteiger partial charge in [0.25, 0.3) is 0 Å². The van der Waals surface area contributed by atoms with Crippen LogP contribution in [0.15, 0.2) is 0 Å². The SMILES string of the molecule is CC1CCNC(C2(O)CSCCC2(C)C)C1. The highest BCUT2D eigenvalue weighted by atomic mass is 32.2. The summed E-state index contributed by atoms with van der Waals surface area (Å²) in [7, 11) is 0. The molecule has 0 aromatic carbocycles. The fraction of sp³-hybridized carbons (Fsp3) is 1.00. The first-order valence-corrected chi connectivity index (χ1v) is 7.65. The maximum atomic E-state index is 11.1. The highest BCUT2D eigenvalue weighted by Gasteiger charge is 2.51. The van der Waals surface area contributed by atoms with Crippen molar-refractivity contribution in [2.75, 3.05) is 18.1 Å². The van der Waals surface area contributed by atoms with Gasteiger partial charge < -0.3 is 10.4 Å². The number of aliphatic hydroxyl groups is 1. The van der Waals surface area contributed by atoms with Crippen LogP contribution in [-0.4, -0.2) is 34.8 Å². The molecule has 3 heteroatoms. The van der Waals surface area contributed by atoms with Crippen molar-refractivity contribution in [3.63, 3.8) is 0 Å². The van der Waals surface area contributed by atoms with Gasteiger partial charge in [0.1, 0.15) is 0 Å². The van der Waals surface area contributed by atoms with Crippen molar-refractivity contribution in [2.45, 2.75) is 51.7 Å². The summed E-state index contributed by atoms with van der Waals surface area (Å²) >= 11 is 1.91. The molecule has 2 fully saturated rings.